The Kier molecular flexibility index (Phi) is 6.27. The zero-order valence-corrected chi connectivity index (χ0v) is 13.9. The van der Waals surface area contributed by atoms with Crippen LogP contribution in [0.2, 0.25) is 0 Å². The highest BCUT2D eigenvalue weighted by molar-refractivity contribution is 5.85. The predicted octanol–water partition coefficient (Wildman–Crippen LogP) is 3.68. The molecule has 1 saturated carbocycles. The van der Waals surface area contributed by atoms with Gasteiger partial charge in [0.05, 0.1) is 6.04 Å². The van der Waals surface area contributed by atoms with Gasteiger partial charge in [0.25, 0.3) is 0 Å². The summed E-state index contributed by atoms with van der Waals surface area (Å²) in [4.78, 5) is 14.8. The van der Waals surface area contributed by atoms with E-state index < -0.39 is 0 Å². The highest BCUT2D eigenvalue weighted by atomic mass is 35.5. The lowest BCUT2D eigenvalue weighted by atomic mass is 9.82. The molecule has 0 aromatic heterocycles. The predicted molar refractivity (Wildman–Crippen MR) is 91.9 cm³/mol. The first-order chi connectivity index (χ1) is 10.3. The number of amides is 1. The van der Waals surface area contributed by atoms with Gasteiger partial charge in [-0.05, 0) is 37.2 Å². The number of hydrogen-bond acceptors (Lipinski definition) is 2. The number of carbonyl (C=O) groups excluding carboxylic acids is 1. The second kappa shape index (κ2) is 7.98. The van der Waals surface area contributed by atoms with Crippen LogP contribution in [-0.4, -0.2) is 23.4 Å². The van der Waals surface area contributed by atoms with Gasteiger partial charge in [-0.15, -0.1) is 12.4 Å². The van der Waals surface area contributed by atoms with E-state index in [4.69, 9.17) is 5.73 Å². The Bertz CT molecular complexity index is 479. The molecule has 1 heterocycles. The van der Waals surface area contributed by atoms with Gasteiger partial charge < -0.3 is 10.6 Å². The summed E-state index contributed by atoms with van der Waals surface area (Å²) in [7, 11) is 0. The van der Waals surface area contributed by atoms with Crippen molar-refractivity contribution in [1.82, 2.24) is 4.90 Å². The maximum Gasteiger partial charge on any atom is 0.223 e. The van der Waals surface area contributed by atoms with Gasteiger partial charge in [-0.1, -0.05) is 43.2 Å². The Morgan fingerprint density at radius 1 is 1.09 bits per heavy atom. The van der Waals surface area contributed by atoms with Gasteiger partial charge in [0.2, 0.25) is 5.91 Å². The second-order valence-electron chi connectivity index (χ2n) is 6.57. The van der Waals surface area contributed by atoms with E-state index in [0.717, 1.165) is 32.2 Å². The standard InChI is InChI=1S/C18H26N2O.ClH/c19-16-10-5-4-9-15(16)13-18(21)20-12-6-11-17(20)14-7-2-1-3-8-14;/h1-3,7-8,15-17H,4-6,9-13,19H2;1H. The minimum absolute atomic E-state index is 0. The third kappa shape index (κ3) is 3.82. The Hall–Kier alpha value is -1.06. The molecule has 1 saturated heterocycles. The highest BCUT2D eigenvalue weighted by Gasteiger charge is 2.32. The Morgan fingerprint density at radius 3 is 2.55 bits per heavy atom. The smallest absolute Gasteiger partial charge is 0.223 e. The summed E-state index contributed by atoms with van der Waals surface area (Å²) in [5.41, 5.74) is 7.48. The molecule has 2 fully saturated rings. The Balaban J connectivity index is 0.00000176. The van der Waals surface area contributed by atoms with Gasteiger partial charge in [-0.2, -0.15) is 0 Å². The number of halogens is 1. The molecule has 1 amide bonds. The van der Waals surface area contributed by atoms with Crippen LogP contribution in [0.3, 0.4) is 0 Å². The zero-order valence-electron chi connectivity index (χ0n) is 13.1. The zero-order chi connectivity index (χ0) is 14.7. The van der Waals surface area contributed by atoms with E-state index in [9.17, 15) is 4.79 Å². The van der Waals surface area contributed by atoms with Crippen molar-refractivity contribution in [2.24, 2.45) is 11.7 Å². The number of nitrogens with zero attached hydrogens (tertiary/aromatic N) is 1. The topological polar surface area (TPSA) is 46.3 Å². The van der Waals surface area contributed by atoms with Crippen LogP contribution in [0.15, 0.2) is 30.3 Å². The molecular formula is C18H27ClN2O. The van der Waals surface area contributed by atoms with Crippen LogP contribution < -0.4 is 5.73 Å². The highest BCUT2D eigenvalue weighted by Crippen LogP contribution is 2.34. The summed E-state index contributed by atoms with van der Waals surface area (Å²) >= 11 is 0. The number of benzene rings is 1. The number of nitrogens with two attached hydrogens (primary N) is 1. The van der Waals surface area contributed by atoms with E-state index in [1.165, 1.54) is 18.4 Å². The molecule has 3 unspecified atom stereocenters. The molecule has 1 aliphatic heterocycles. The van der Waals surface area contributed by atoms with Crippen molar-refractivity contribution < 1.29 is 4.79 Å². The van der Waals surface area contributed by atoms with Crippen LogP contribution in [0.5, 0.6) is 0 Å². The van der Waals surface area contributed by atoms with E-state index in [1.54, 1.807) is 0 Å². The van der Waals surface area contributed by atoms with Crippen molar-refractivity contribution in [1.29, 1.82) is 0 Å². The average Bonchev–Trinajstić information content (AvgIpc) is 3.00. The molecule has 122 valence electrons. The molecule has 1 aromatic rings. The minimum atomic E-state index is 0. The van der Waals surface area contributed by atoms with Gasteiger partial charge >= 0.3 is 0 Å². The molecular weight excluding hydrogens is 296 g/mol. The van der Waals surface area contributed by atoms with Gasteiger partial charge in [0.15, 0.2) is 0 Å². The van der Waals surface area contributed by atoms with Gasteiger partial charge in [-0.25, -0.2) is 0 Å². The molecule has 0 spiro atoms. The first-order valence-corrected chi connectivity index (χ1v) is 8.35. The largest absolute Gasteiger partial charge is 0.336 e. The van der Waals surface area contributed by atoms with E-state index >= 15 is 0 Å². The third-order valence-corrected chi connectivity index (χ3v) is 5.16. The fourth-order valence-corrected chi connectivity index (χ4v) is 3.92. The summed E-state index contributed by atoms with van der Waals surface area (Å²) < 4.78 is 0. The summed E-state index contributed by atoms with van der Waals surface area (Å²) in [6.07, 6.45) is 7.51. The van der Waals surface area contributed by atoms with Gasteiger partial charge in [0, 0.05) is 19.0 Å². The van der Waals surface area contributed by atoms with E-state index in [2.05, 4.69) is 29.2 Å². The lowest BCUT2D eigenvalue weighted by Gasteiger charge is -2.31. The van der Waals surface area contributed by atoms with Crippen molar-refractivity contribution in [3.05, 3.63) is 35.9 Å². The molecule has 2 aliphatic rings. The summed E-state index contributed by atoms with van der Waals surface area (Å²) in [5, 5.41) is 0. The monoisotopic (exact) mass is 322 g/mol. The van der Waals surface area contributed by atoms with Crippen LogP contribution in [0, 0.1) is 5.92 Å². The average molecular weight is 323 g/mol. The van der Waals surface area contributed by atoms with Crippen molar-refractivity contribution in [3.63, 3.8) is 0 Å². The van der Waals surface area contributed by atoms with Crippen LogP contribution in [-0.2, 0) is 4.79 Å². The summed E-state index contributed by atoms with van der Waals surface area (Å²) in [6, 6.07) is 10.9. The molecule has 22 heavy (non-hydrogen) atoms. The Morgan fingerprint density at radius 2 is 1.82 bits per heavy atom. The fraction of sp³-hybridized carbons (Fsp3) is 0.611. The molecule has 3 nitrogen and oxygen atoms in total. The quantitative estimate of drug-likeness (QED) is 0.922. The van der Waals surface area contributed by atoms with Crippen LogP contribution >= 0.6 is 12.4 Å². The van der Waals surface area contributed by atoms with Gasteiger partial charge in [0.1, 0.15) is 0 Å². The van der Waals surface area contributed by atoms with Crippen LogP contribution in [0.4, 0.5) is 0 Å². The first kappa shape index (κ1) is 17.3. The first-order valence-electron chi connectivity index (χ1n) is 8.35. The van der Waals surface area contributed by atoms with Crippen molar-refractivity contribution in [3.8, 4) is 0 Å². The number of likely N-dealkylation sites (tertiary alicyclic amines) is 1. The normalized spacial score (nSPS) is 28.2. The number of rotatable bonds is 3. The van der Waals surface area contributed by atoms with E-state index in [0.29, 0.717) is 18.2 Å². The minimum Gasteiger partial charge on any atom is -0.336 e. The fourth-order valence-electron chi connectivity index (χ4n) is 3.92. The molecule has 1 aromatic carbocycles. The summed E-state index contributed by atoms with van der Waals surface area (Å²) in [6.45, 7) is 0.903. The lowest BCUT2D eigenvalue weighted by Crippen LogP contribution is -2.38. The molecule has 3 atom stereocenters. The third-order valence-electron chi connectivity index (χ3n) is 5.16. The van der Waals surface area contributed by atoms with E-state index in [-0.39, 0.29) is 24.5 Å². The van der Waals surface area contributed by atoms with Crippen molar-refractivity contribution in [2.75, 3.05) is 6.54 Å². The number of hydrogen-bond donors (Lipinski definition) is 1. The van der Waals surface area contributed by atoms with Crippen molar-refractivity contribution in [2.45, 2.75) is 57.0 Å². The summed E-state index contributed by atoms with van der Waals surface area (Å²) in [5.74, 6) is 0.701. The Labute approximate surface area is 139 Å². The van der Waals surface area contributed by atoms with Crippen LogP contribution in [0.25, 0.3) is 0 Å². The molecule has 4 heteroatoms. The van der Waals surface area contributed by atoms with E-state index in [1.807, 2.05) is 6.07 Å². The van der Waals surface area contributed by atoms with Gasteiger partial charge in [-0.3, -0.25) is 4.79 Å². The van der Waals surface area contributed by atoms with Crippen molar-refractivity contribution >= 4 is 18.3 Å². The molecule has 1 aliphatic carbocycles. The number of carbonyl (C=O) groups is 1. The molecule has 0 bridgehead atoms. The molecule has 3 rings (SSSR count). The molecule has 2 N–H and O–H groups in total. The SMILES string of the molecule is Cl.NC1CCCCC1CC(=O)N1CCCC1c1ccccc1. The lowest BCUT2D eigenvalue weighted by molar-refractivity contribution is -0.133. The van der Waals surface area contributed by atoms with Crippen LogP contribution in [0.1, 0.15) is 56.6 Å². The maximum atomic E-state index is 12.7. The second-order valence-corrected chi connectivity index (χ2v) is 6.57. The maximum absolute atomic E-state index is 12.7. The molecule has 0 radical (unpaired) electrons.